The second-order valence-electron chi connectivity index (χ2n) is 14.9. The molecule has 1 atom stereocenters. The van der Waals surface area contributed by atoms with Crippen molar-refractivity contribution in [2.45, 2.75) is 32.9 Å². The lowest BCUT2D eigenvalue weighted by Gasteiger charge is -2.23. The van der Waals surface area contributed by atoms with E-state index in [1.807, 2.05) is 0 Å². The molecular weight excluding hydrogens is 633 g/mol. The number of benzene rings is 4. The van der Waals surface area contributed by atoms with Crippen LogP contribution in [0.1, 0.15) is 36.1 Å². The summed E-state index contributed by atoms with van der Waals surface area (Å²) >= 11 is 0. The first-order chi connectivity index (χ1) is 25.4. The summed E-state index contributed by atoms with van der Waals surface area (Å²) in [5.74, 6) is 0.490. The molecule has 6 heterocycles. The highest BCUT2D eigenvalue weighted by molar-refractivity contribution is 6.10. The number of fused-ring (bicyclic) bond motifs is 12. The van der Waals surface area contributed by atoms with E-state index in [9.17, 15) is 0 Å². The van der Waals surface area contributed by atoms with Gasteiger partial charge < -0.3 is 4.57 Å². The van der Waals surface area contributed by atoms with Gasteiger partial charge in [-0.15, -0.1) is 0 Å². The number of para-hydroxylation sites is 1. The van der Waals surface area contributed by atoms with Crippen LogP contribution in [0.5, 0.6) is 0 Å². The van der Waals surface area contributed by atoms with E-state index in [-0.39, 0.29) is 0 Å². The van der Waals surface area contributed by atoms with Crippen LogP contribution in [0.2, 0.25) is 0 Å². The minimum Gasteiger partial charge on any atom is -0.340 e. The highest BCUT2D eigenvalue weighted by Crippen LogP contribution is 2.48. The minimum absolute atomic E-state index is 0.490. The normalized spacial score (nSPS) is 15.8. The maximum Gasteiger partial charge on any atom is 0.246 e. The third kappa shape index (κ3) is 4.30. The average molecular weight is 674 g/mol. The molecule has 0 N–H and O–H groups in total. The van der Waals surface area contributed by atoms with Crippen LogP contribution in [0.3, 0.4) is 0 Å². The van der Waals surface area contributed by atoms with Crippen molar-refractivity contribution in [1.29, 1.82) is 0 Å². The zero-order valence-electron chi connectivity index (χ0n) is 30.1. The molecule has 0 amide bonds. The minimum atomic E-state index is -0.600. The first-order valence-corrected chi connectivity index (χ1v) is 18.4. The first-order valence-electron chi connectivity index (χ1n) is 18.4. The van der Waals surface area contributed by atoms with E-state index >= 15 is 0 Å². The van der Waals surface area contributed by atoms with Crippen LogP contribution in [-0.4, -0.2) is 4.57 Å². The Kier molecular flexibility index (Phi) is 6.75. The van der Waals surface area contributed by atoms with Gasteiger partial charge >= 0.3 is 0 Å². The Labute approximate surface area is 304 Å². The molecule has 8 aromatic rings. The lowest BCUT2D eigenvalue weighted by Crippen LogP contribution is -2.54. The summed E-state index contributed by atoms with van der Waals surface area (Å²) in [5.41, 5.74) is 15.4. The molecule has 52 heavy (non-hydrogen) atoms. The van der Waals surface area contributed by atoms with Gasteiger partial charge in [0.2, 0.25) is 28.3 Å². The summed E-state index contributed by atoms with van der Waals surface area (Å²) < 4.78 is 9.77. The second kappa shape index (κ2) is 11.4. The van der Waals surface area contributed by atoms with Gasteiger partial charge in [0.05, 0.1) is 28.3 Å². The van der Waals surface area contributed by atoms with Gasteiger partial charge in [0, 0.05) is 75.9 Å². The predicted octanol–water partition coefficient (Wildman–Crippen LogP) is 9.17. The van der Waals surface area contributed by atoms with E-state index in [1.165, 1.54) is 77.8 Å². The molecule has 4 nitrogen and oxygen atoms in total. The number of hydrogen-bond donors (Lipinski definition) is 0. The highest BCUT2D eigenvalue weighted by Gasteiger charge is 2.55. The van der Waals surface area contributed by atoms with Gasteiger partial charge in [-0.05, 0) is 60.9 Å². The number of pyridine rings is 3. The Balaban J connectivity index is 1.41. The Bertz CT molecular complexity index is 2740. The van der Waals surface area contributed by atoms with Crippen molar-refractivity contribution in [2.24, 2.45) is 13.0 Å². The molecule has 0 saturated heterocycles. The third-order valence-electron chi connectivity index (χ3n) is 11.2. The Morgan fingerprint density at radius 2 is 1.25 bits per heavy atom. The van der Waals surface area contributed by atoms with Crippen molar-refractivity contribution in [3.05, 3.63) is 180 Å². The van der Waals surface area contributed by atoms with E-state index < -0.39 is 5.54 Å². The monoisotopic (exact) mass is 673 g/mol. The van der Waals surface area contributed by atoms with E-state index in [2.05, 4.69) is 204 Å². The standard InChI is InChI=1S/C48H41N4/c1-32(2)31-51-42-20-10-7-15-34(42)37-28-38(45-27-33(3)23-26-49(45)4)39(29-46(37)51)47-30-48(40-18-8-5-16-35(40)43-21-11-13-24-50(43)47)41-19-9-6-17-36(41)44-22-12-14-25-52(44)48/h5-30,32H,31H2,1-4H3/q+3. The van der Waals surface area contributed by atoms with Crippen molar-refractivity contribution < 1.29 is 13.7 Å². The summed E-state index contributed by atoms with van der Waals surface area (Å²) in [6, 6.07) is 49.6. The first kappa shape index (κ1) is 30.7. The van der Waals surface area contributed by atoms with Crippen LogP contribution in [0.15, 0.2) is 158 Å². The molecule has 10 rings (SSSR count). The summed E-state index contributed by atoms with van der Waals surface area (Å²) in [7, 11) is 2.17. The van der Waals surface area contributed by atoms with Crippen LogP contribution in [-0.2, 0) is 19.1 Å². The quantitative estimate of drug-likeness (QED) is 0.166. The molecule has 0 bridgehead atoms. The van der Waals surface area contributed by atoms with Gasteiger partial charge in [-0.3, -0.25) is 0 Å². The third-order valence-corrected chi connectivity index (χ3v) is 11.2. The molecule has 4 heteroatoms. The van der Waals surface area contributed by atoms with Gasteiger partial charge in [0.15, 0.2) is 18.6 Å². The van der Waals surface area contributed by atoms with Gasteiger partial charge in [0.1, 0.15) is 7.05 Å². The van der Waals surface area contributed by atoms with E-state index in [0.717, 1.165) is 12.2 Å². The number of nitrogens with zero attached hydrogens (tertiary/aromatic N) is 4. The maximum atomic E-state index is 2.56. The van der Waals surface area contributed by atoms with Crippen LogP contribution >= 0.6 is 0 Å². The SMILES string of the molecule is Cc1cc[n+](C)c(-c2cc3c4ccccc4n(CC(C)C)c3cc2C2=CC3(c4ccccc4-c4cccc[n+]42)c2ccccc2-c2cccc[n+]23)c1. The van der Waals surface area contributed by atoms with E-state index in [4.69, 9.17) is 0 Å². The molecule has 0 aliphatic carbocycles. The van der Waals surface area contributed by atoms with Crippen LogP contribution < -0.4 is 13.7 Å². The fourth-order valence-corrected chi connectivity index (χ4v) is 9.05. The number of aryl methyl sites for hydroxylation is 2. The Morgan fingerprint density at radius 3 is 2.04 bits per heavy atom. The van der Waals surface area contributed by atoms with Gasteiger partial charge in [0.25, 0.3) is 0 Å². The number of allylic oxidation sites excluding steroid dienone is 1. The molecule has 250 valence electrons. The molecule has 4 aromatic carbocycles. The zero-order valence-corrected chi connectivity index (χ0v) is 30.1. The summed E-state index contributed by atoms with van der Waals surface area (Å²) in [6.45, 7) is 7.76. The molecule has 2 aliphatic heterocycles. The summed E-state index contributed by atoms with van der Waals surface area (Å²) in [6.07, 6.45) is 9.28. The number of aromatic nitrogens is 4. The zero-order chi connectivity index (χ0) is 35.1. The van der Waals surface area contributed by atoms with Gasteiger partial charge in [-0.25, -0.2) is 4.57 Å². The van der Waals surface area contributed by atoms with Crippen LogP contribution in [0, 0.1) is 12.8 Å². The van der Waals surface area contributed by atoms with Crippen molar-refractivity contribution in [3.63, 3.8) is 0 Å². The number of rotatable bonds is 4. The van der Waals surface area contributed by atoms with E-state index in [1.54, 1.807) is 0 Å². The molecule has 1 spiro atoms. The maximum absolute atomic E-state index is 2.56. The highest BCUT2D eigenvalue weighted by atomic mass is 15.1. The second-order valence-corrected chi connectivity index (χ2v) is 14.9. The summed E-state index contributed by atoms with van der Waals surface area (Å²) in [5, 5.41) is 2.58. The van der Waals surface area contributed by atoms with Gasteiger partial charge in [-0.2, -0.15) is 9.13 Å². The molecule has 0 saturated carbocycles. The summed E-state index contributed by atoms with van der Waals surface area (Å²) in [4.78, 5) is 0. The molecular formula is C48H41N4+3. The topological polar surface area (TPSA) is 16.6 Å². The van der Waals surface area contributed by atoms with Crippen molar-refractivity contribution in [2.75, 3.05) is 0 Å². The van der Waals surface area contributed by atoms with Gasteiger partial charge in [-0.1, -0.05) is 68.4 Å². The fraction of sp³-hybridized carbons (Fsp3) is 0.146. The molecule has 1 unspecified atom stereocenters. The number of hydrogen-bond acceptors (Lipinski definition) is 0. The molecule has 0 fully saturated rings. The molecule has 4 aromatic heterocycles. The average Bonchev–Trinajstić information content (AvgIpc) is 3.58. The fourth-order valence-electron chi connectivity index (χ4n) is 9.05. The van der Waals surface area contributed by atoms with E-state index in [0.29, 0.717) is 5.92 Å². The Hall–Kier alpha value is -6.13. The molecule has 0 radical (unpaired) electrons. The Morgan fingerprint density at radius 1 is 0.577 bits per heavy atom. The lowest BCUT2D eigenvalue weighted by atomic mass is 9.79. The van der Waals surface area contributed by atoms with Crippen LogP contribution in [0.25, 0.3) is 61.3 Å². The largest absolute Gasteiger partial charge is 0.340 e. The molecule has 2 aliphatic rings. The predicted molar refractivity (Wildman–Crippen MR) is 209 cm³/mol. The van der Waals surface area contributed by atoms with Crippen LogP contribution in [0.4, 0.5) is 0 Å². The smallest absolute Gasteiger partial charge is 0.246 e. The van der Waals surface area contributed by atoms with Crippen molar-refractivity contribution in [1.82, 2.24) is 4.57 Å². The lowest BCUT2D eigenvalue weighted by molar-refractivity contribution is -0.717. The van der Waals surface area contributed by atoms with Crippen molar-refractivity contribution in [3.8, 4) is 33.8 Å². The van der Waals surface area contributed by atoms with Crippen molar-refractivity contribution >= 4 is 27.5 Å².